The van der Waals surface area contributed by atoms with Crippen LogP contribution in [0.2, 0.25) is 0 Å². The first-order chi connectivity index (χ1) is 6.91. The Balaban J connectivity index is 2.62. The van der Waals surface area contributed by atoms with Gasteiger partial charge >= 0.3 is 0 Å². The van der Waals surface area contributed by atoms with Crippen LogP contribution in [0.3, 0.4) is 0 Å². The van der Waals surface area contributed by atoms with Gasteiger partial charge < -0.3 is 10.0 Å². The Labute approximate surface area is 89.3 Å². The van der Waals surface area contributed by atoms with Gasteiger partial charge in [0, 0.05) is 12.6 Å². The van der Waals surface area contributed by atoms with E-state index in [4.69, 9.17) is 0 Å². The van der Waals surface area contributed by atoms with Crippen LogP contribution in [0.15, 0.2) is 18.2 Å². The molecule has 0 radical (unpaired) electrons. The molecule has 0 spiro atoms. The molecule has 1 amide bonds. The number of fused-ring (bicyclic) bond motifs is 1. The average molecular weight is 205 g/mol. The lowest BCUT2D eigenvalue weighted by atomic mass is 9.94. The van der Waals surface area contributed by atoms with Crippen molar-refractivity contribution in [3.8, 4) is 0 Å². The van der Waals surface area contributed by atoms with Crippen LogP contribution >= 0.6 is 0 Å². The molecule has 0 bridgehead atoms. The molecule has 3 nitrogen and oxygen atoms in total. The number of carbonyl (C=O) groups is 1. The van der Waals surface area contributed by atoms with E-state index >= 15 is 0 Å². The Hall–Kier alpha value is -1.35. The molecule has 15 heavy (non-hydrogen) atoms. The van der Waals surface area contributed by atoms with Gasteiger partial charge in [0.2, 0.25) is 5.91 Å². The molecular weight excluding hydrogens is 190 g/mol. The van der Waals surface area contributed by atoms with Gasteiger partial charge in [0.1, 0.15) is 0 Å². The second-order valence-corrected chi connectivity index (χ2v) is 4.50. The molecule has 0 saturated carbocycles. The third-order valence-corrected chi connectivity index (χ3v) is 2.83. The Bertz CT molecular complexity index is 418. The summed E-state index contributed by atoms with van der Waals surface area (Å²) >= 11 is 0. The topological polar surface area (TPSA) is 40.5 Å². The number of benzene rings is 1. The Morgan fingerprint density at radius 3 is 2.67 bits per heavy atom. The summed E-state index contributed by atoms with van der Waals surface area (Å²) in [6, 6.07) is 5.69. The monoisotopic (exact) mass is 205 g/mol. The summed E-state index contributed by atoms with van der Waals surface area (Å²) in [5, 5.41) is 10.0. The van der Waals surface area contributed by atoms with Crippen LogP contribution in [-0.2, 0) is 16.8 Å². The first-order valence-corrected chi connectivity index (χ1v) is 5.02. The van der Waals surface area contributed by atoms with Crippen molar-refractivity contribution >= 4 is 11.6 Å². The maximum Gasteiger partial charge on any atom is 0.231 e. The minimum absolute atomic E-state index is 0.0849. The molecule has 1 aromatic rings. The Morgan fingerprint density at radius 1 is 1.40 bits per heavy atom. The summed E-state index contributed by atoms with van der Waals surface area (Å²) < 4.78 is 0. The van der Waals surface area contributed by atoms with E-state index in [2.05, 4.69) is 0 Å². The molecule has 0 atom stereocenters. The summed E-state index contributed by atoms with van der Waals surface area (Å²) in [5.41, 5.74) is 1.77. The molecular formula is C12H15NO2. The smallest absolute Gasteiger partial charge is 0.231 e. The summed E-state index contributed by atoms with van der Waals surface area (Å²) in [7, 11) is 1.75. The van der Waals surface area contributed by atoms with Crippen molar-refractivity contribution in [1.29, 1.82) is 0 Å². The van der Waals surface area contributed by atoms with E-state index in [1.807, 2.05) is 18.2 Å². The second kappa shape index (κ2) is 3.07. The fourth-order valence-electron chi connectivity index (χ4n) is 2.03. The number of likely N-dealkylation sites (N-methyl/N-ethyl adjacent to an activating group) is 1. The van der Waals surface area contributed by atoms with Gasteiger partial charge in [-0.05, 0) is 19.4 Å². The van der Waals surface area contributed by atoms with E-state index < -0.39 is 5.60 Å². The minimum Gasteiger partial charge on any atom is -0.386 e. The zero-order valence-electron chi connectivity index (χ0n) is 9.24. The van der Waals surface area contributed by atoms with Gasteiger partial charge in [-0.2, -0.15) is 0 Å². The van der Waals surface area contributed by atoms with Crippen LogP contribution in [0, 0.1) is 0 Å². The normalized spacial score (nSPS) is 15.7. The molecule has 1 aromatic carbocycles. The number of para-hydroxylation sites is 1. The summed E-state index contributed by atoms with van der Waals surface area (Å²) in [5.74, 6) is 0.0849. The fourth-order valence-corrected chi connectivity index (χ4v) is 2.03. The number of carbonyl (C=O) groups excluding carboxylic acids is 1. The van der Waals surface area contributed by atoms with Crippen molar-refractivity contribution in [1.82, 2.24) is 0 Å². The maximum absolute atomic E-state index is 11.6. The van der Waals surface area contributed by atoms with Gasteiger partial charge in [0.15, 0.2) is 0 Å². The zero-order chi connectivity index (χ0) is 11.2. The minimum atomic E-state index is -0.912. The summed E-state index contributed by atoms with van der Waals surface area (Å²) in [4.78, 5) is 13.2. The van der Waals surface area contributed by atoms with Gasteiger partial charge in [-0.15, -0.1) is 0 Å². The van der Waals surface area contributed by atoms with Crippen LogP contribution in [0.4, 0.5) is 5.69 Å². The van der Waals surface area contributed by atoms with Crippen molar-refractivity contribution < 1.29 is 9.90 Å². The lowest BCUT2D eigenvalue weighted by Crippen LogP contribution is -2.25. The van der Waals surface area contributed by atoms with E-state index in [0.29, 0.717) is 6.42 Å². The first kappa shape index (κ1) is 10.2. The highest BCUT2D eigenvalue weighted by molar-refractivity contribution is 6.02. The van der Waals surface area contributed by atoms with Crippen LogP contribution in [-0.4, -0.2) is 18.1 Å². The molecule has 1 N–H and O–H groups in total. The van der Waals surface area contributed by atoms with Crippen molar-refractivity contribution in [2.45, 2.75) is 25.9 Å². The van der Waals surface area contributed by atoms with Crippen LogP contribution in [0.5, 0.6) is 0 Å². The Kier molecular flexibility index (Phi) is 2.08. The van der Waals surface area contributed by atoms with Crippen LogP contribution in [0.25, 0.3) is 0 Å². The lowest BCUT2D eigenvalue weighted by Gasteiger charge is -2.24. The van der Waals surface area contributed by atoms with Crippen molar-refractivity contribution in [2.75, 3.05) is 11.9 Å². The van der Waals surface area contributed by atoms with Crippen molar-refractivity contribution in [3.05, 3.63) is 29.3 Å². The molecule has 0 aromatic heterocycles. The maximum atomic E-state index is 11.6. The highest BCUT2D eigenvalue weighted by Gasteiger charge is 2.31. The van der Waals surface area contributed by atoms with Gasteiger partial charge in [-0.25, -0.2) is 0 Å². The number of hydrogen-bond acceptors (Lipinski definition) is 2. The predicted molar refractivity (Wildman–Crippen MR) is 58.8 cm³/mol. The van der Waals surface area contributed by atoms with Crippen LogP contribution < -0.4 is 4.90 Å². The summed E-state index contributed by atoms with van der Waals surface area (Å²) in [6.45, 7) is 3.47. The van der Waals surface area contributed by atoms with Crippen molar-refractivity contribution in [2.24, 2.45) is 0 Å². The largest absolute Gasteiger partial charge is 0.386 e. The van der Waals surface area contributed by atoms with E-state index in [0.717, 1.165) is 16.8 Å². The molecule has 1 aliphatic rings. The Morgan fingerprint density at radius 2 is 2.07 bits per heavy atom. The lowest BCUT2D eigenvalue weighted by molar-refractivity contribution is -0.117. The number of amides is 1. The van der Waals surface area contributed by atoms with Gasteiger partial charge in [0.05, 0.1) is 17.7 Å². The number of rotatable bonds is 1. The molecule has 1 aliphatic heterocycles. The fraction of sp³-hybridized carbons (Fsp3) is 0.417. The first-order valence-electron chi connectivity index (χ1n) is 5.02. The zero-order valence-corrected chi connectivity index (χ0v) is 9.24. The number of hydrogen-bond donors (Lipinski definition) is 1. The molecule has 0 saturated heterocycles. The van der Waals surface area contributed by atoms with E-state index in [1.165, 1.54) is 0 Å². The van der Waals surface area contributed by atoms with Crippen molar-refractivity contribution in [3.63, 3.8) is 0 Å². The predicted octanol–water partition coefficient (Wildman–Crippen LogP) is 1.43. The molecule has 1 heterocycles. The summed E-state index contributed by atoms with van der Waals surface area (Å²) in [6.07, 6.45) is 0.440. The molecule has 0 unspecified atom stereocenters. The molecule has 3 heteroatoms. The third-order valence-electron chi connectivity index (χ3n) is 2.83. The highest BCUT2D eigenvalue weighted by Crippen LogP contribution is 2.36. The van der Waals surface area contributed by atoms with Gasteiger partial charge in [-0.1, -0.05) is 18.2 Å². The van der Waals surface area contributed by atoms with E-state index in [-0.39, 0.29) is 5.91 Å². The average Bonchev–Trinajstić information content (AvgIpc) is 2.41. The second-order valence-electron chi connectivity index (χ2n) is 4.50. The van der Waals surface area contributed by atoms with Gasteiger partial charge in [-0.3, -0.25) is 4.79 Å². The number of nitrogens with zero attached hydrogens (tertiary/aromatic N) is 1. The molecule has 0 fully saturated rings. The van der Waals surface area contributed by atoms with Gasteiger partial charge in [0.25, 0.3) is 0 Å². The molecule has 0 aliphatic carbocycles. The molecule has 80 valence electrons. The van der Waals surface area contributed by atoms with E-state index in [9.17, 15) is 9.90 Å². The standard InChI is InChI=1S/C12H15NO2/c1-12(2,15)9-6-4-5-8-7-10(14)13(3)11(8)9/h4-6,15H,7H2,1-3H3. The third kappa shape index (κ3) is 1.53. The molecule has 2 rings (SSSR count). The number of aliphatic hydroxyl groups is 1. The highest BCUT2D eigenvalue weighted by atomic mass is 16.3. The SMILES string of the molecule is CN1C(=O)Cc2cccc(C(C)(C)O)c21. The van der Waals surface area contributed by atoms with E-state index in [1.54, 1.807) is 25.8 Å². The van der Waals surface area contributed by atoms with Crippen LogP contribution in [0.1, 0.15) is 25.0 Å². The quantitative estimate of drug-likeness (QED) is 0.753. The number of anilines is 1.